The molecule has 0 aliphatic rings. The number of fused-ring (bicyclic) bond motifs is 1. The molecule has 0 amide bonds. The molecule has 0 saturated heterocycles. The van der Waals surface area contributed by atoms with E-state index in [0.717, 1.165) is 5.56 Å². The zero-order chi connectivity index (χ0) is 12.6. The summed E-state index contributed by atoms with van der Waals surface area (Å²) in [5, 5.41) is 4.53. The number of nitrogens with zero attached hydrogens (tertiary/aromatic N) is 4. The Labute approximate surface area is 98.4 Å². The average molecular weight is 230 g/mol. The first-order valence-electron chi connectivity index (χ1n) is 5.22. The molecular formula is C12H14N4O. The SMILES string of the molecule is C=Nn1c(=NC)n(C)c(=O)c2cc(C)ccc21. The Morgan fingerprint density at radius 1 is 1.35 bits per heavy atom. The van der Waals surface area contributed by atoms with Crippen LogP contribution in [-0.4, -0.2) is 23.0 Å². The summed E-state index contributed by atoms with van der Waals surface area (Å²) in [5.41, 5.74) is 2.14. The molecular weight excluding hydrogens is 216 g/mol. The third kappa shape index (κ3) is 1.60. The van der Waals surface area contributed by atoms with Crippen molar-refractivity contribution in [1.29, 1.82) is 0 Å². The molecule has 0 aliphatic carbocycles. The van der Waals surface area contributed by atoms with Gasteiger partial charge in [-0.2, -0.15) is 5.10 Å². The molecule has 1 aromatic carbocycles. The van der Waals surface area contributed by atoms with E-state index in [-0.39, 0.29) is 5.56 Å². The van der Waals surface area contributed by atoms with E-state index in [1.165, 1.54) is 4.57 Å². The van der Waals surface area contributed by atoms with E-state index in [0.29, 0.717) is 16.5 Å². The maximum atomic E-state index is 12.2. The van der Waals surface area contributed by atoms with Gasteiger partial charge in [0.2, 0.25) is 5.62 Å². The molecule has 1 aromatic heterocycles. The van der Waals surface area contributed by atoms with Gasteiger partial charge in [-0.15, -0.1) is 0 Å². The lowest BCUT2D eigenvalue weighted by molar-refractivity contribution is 0.675. The molecule has 2 aromatic rings. The van der Waals surface area contributed by atoms with Crippen molar-refractivity contribution in [3.8, 4) is 0 Å². The van der Waals surface area contributed by atoms with Crippen LogP contribution in [0.15, 0.2) is 33.1 Å². The summed E-state index contributed by atoms with van der Waals surface area (Å²) >= 11 is 0. The Hall–Kier alpha value is -2.17. The zero-order valence-electron chi connectivity index (χ0n) is 10.1. The maximum absolute atomic E-state index is 12.2. The van der Waals surface area contributed by atoms with Gasteiger partial charge in [0.15, 0.2) is 0 Å². The summed E-state index contributed by atoms with van der Waals surface area (Å²) in [6.45, 7) is 5.47. The number of benzene rings is 1. The molecule has 0 atom stereocenters. The van der Waals surface area contributed by atoms with E-state index >= 15 is 0 Å². The van der Waals surface area contributed by atoms with Crippen LogP contribution in [0.2, 0.25) is 0 Å². The molecule has 2 rings (SSSR count). The molecule has 0 spiro atoms. The molecule has 17 heavy (non-hydrogen) atoms. The fourth-order valence-corrected chi connectivity index (χ4v) is 1.91. The molecule has 5 nitrogen and oxygen atoms in total. The Balaban J connectivity index is 3.18. The predicted molar refractivity (Wildman–Crippen MR) is 68.4 cm³/mol. The van der Waals surface area contributed by atoms with Gasteiger partial charge >= 0.3 is 0 Å². The molecule has 0 fully saturated rings. The number of hydrogen-bond acceptors (Lipinski definition) is 3. The standard InChI is InChI=1S/C12H14N4O/c1-8-5-6-10-9(7-8)11(17)15(4)12(13-2)16(10)14-3/h5-7H,3H2,1-2,4H3. The Bertz CT molecular complexity index is 722. The minimum atomic E-state index is -0.0794. The third-order valence-corrected chi connectivity index (χ3v) is 2.75. The monoisotopic (exact) mass is 230 g/mol. The third-order valence-electron chi connectivity index (χ3n) is 2.75. The van der Waals surface area contributed by atoms with E-state index in [9.17, 15) is 4.79 Å². The summed E-state index contributed by atoms with van der Waals surface area (Å²) in [5.74, 6) is 0. The van der Waals surface area contributed by atoms with E-state index in [1.807, 2.05) is 25.1 Å². The first-order chi connectivity index (χ1) is 8.10. The molecule has 0 bridgehead atoms. The molecule has 5 heteroatoms. The van der Waals surface area contributed by atoms with Gasteiger partial charge in [0.05, 0.1) is 10.9 Å². The minimum absolute atomic E-state index is 0.0794. The van der Waals surface area contributed by atoms with Gasteiger partial charge in [0, 0.05) is 20.8 Å². The lowest BCUT2D eigenvalue weighted by Gasteiger charge is -2.09. The van der Waals surface area contributed by atoms with Gasteiger partial charge in [-0.05, 0) is 19.1 Å². The van der Waals surface area contributed by atoms with Crippen LogP contribution >= 0.6 is 0 Å². The lowest BCUT2D eigenvalue weighted by Crippen LogP contribution is -2.37. The van der Waals surface area contributed by atoms with Crippen LogP contribution in [0.4, 0.5) is 0 Å². The topological polar surface area (TPSA) is 51.6 Å². The van der Waals surface area contributed by atoms with Gasteiger partial charge in [0.1, 0.15) is 0 Å². The van der Waals surface area contributed by atoms with Gasteiger partial charge in [-0.1, -0.05) is 11.6 Å². The van der Waals surface area contributed by atoms with Crippen molar-refractivity contribution in [2.45, 2.75) is 6.92 Å². The number of hydrogen-bond donors (Lipinski definition) is 0. The van der Waals surface area contributed by atoms with Crippen LogP contribution in [0.5, 0.6) is 0 Å². The number of aryl methyl sites for hydroxylation is 1. The van der Waals surface area contributed by atoms with Crippen molar-refractivity contribution in [2.75, 3.05) is 7.05 Å². The fourth-order valence-electron chi connectivity index (χ4n) is 1.91. The summed E-state index contributed by atoms with van der Waals surface area (Å²) in [6, 6.07) is 5.64. The van der Waals surface area contributed by atoms with Gasteiger partial charge < -0.3 is 0 Å². The highest BCUT2D eigenvalue weighted by molar-refractivity contribution is 5.78. The number of rotatable bonds is 1. The van der Waals surface area contributed by atoms with E-state index in [4.69, 9.17) is 0 Å². The molecule has 0 aliphatic heterocycles. The van der Waals surface area contributed by atoms with E-state index in [1.54, 1.807) is 18.8 Å². The van der Waals surface area contributed by atoms with Crippen LogP contribution in [0.25, 0.3) is 10.9 Å². The van der Waals surface area contributed by atoms with Crippen molar-refractivity contribution >= 4 is 17.6 Å². The van der Waals surface area contributed by atoms with Crippen molar-refractivity contribution in [2.24, 2.45) is 17.1 Å². The van der Waals surface area contributed by atoms with Crippen LogP contribution in [0.3, 0.4) is 0 Å². The predicted octanol–water partition coefficient (Wildman–Crippen LogP) is 0.643. The Morgan fingerprint density at radius 3 is 2.65 bits per heavy atom. The first kappa shape index (κ1) is 11.3. The van der Waals surface area contributed by atoms with Crippen molar-refractivity contribution in [3.63, 3.8) is 0 Å². The summed E-state index contributed by atoms with van der Waals surface area (Å²) < 4.78 is 3.03. The highest BCUT2D eigenvalue weighted by Gasteiger charge is 2.08. The van der Waals surface area contributed by atoms with E-state index in [2.05, 4.69) is 16.8 Å². The summed E-state index contributed by atoms with van der Waals surface area (Å²) in [7, 11) is 3.30. The highest BCUT2D eigenvalue weighted by Crippen LogP contribution is 2.10. The van der Waals surface area contributed by atoms with Gasteiger partial charge in [-0.25, -0.2) is 4.68 Å². The van der Waals surface area contributed by atoms with Crippen LogP contribution in [0.1, 0.15) is 5.56 Å². The molecule has 88 valence electrons. The lowest BCUT2D eigenvalue weighted by atomic mass is 10.2. The fraction of sp³-hybridized carbons (Fsp3) is 0.250. The molecule has 1 heterocycles. The molecule has 0 N–H and O–H groups in total. The first-order valence-corrected chi connectivity index (χ1v) is 5.22. The van der Waals surface area contributed by atoms with Crippen LogP contribution < -0.4 is 11.2 Å². The Kier molecular flexibility index (Phi) is 2.67. The smallest absolute Gasteiger partial charge is 0.262 e. The van der Waals surface area contributed by atoms with Crippen LogP contribution in [0, 0.1) is 6.92 Å². The highest BCUT2D eigenvalue weighted by atomic mass is 16.1. The second-order valence-corrected chi connectivity index (χ2v) is 3.86. The second-order valence-electron chi connectivity index (χ2n) is 3.86. The van der Waals surface area contributed by atoms with Crippen molar-refractivity contribution in [3.05, 3.63) is 39.7 Å². The molecule has 0 saturated carbocycles. The van der Waals surface area contributed by atoms with Crippen molar-refractivity contribution < 1.29 is 0 Å². The van der Waals surface area contributed by atoms with Crippen LogP contribution in [-0.2, 0) is 7.05 Å². The average Bonchev–Trinajstić information content (AvgIpc) is 2.33. The quantitative estimate of drug-likeness (QED) is 0.663. The summed E-state index contributed by atoms with van der Waals surface area (Å²) in [6.07, 6.45) is 0. The maximum Gasteiger partial charge on any atom is 0.262 e. The zero-order valence-corrected chi connectivity index (χ0v) is 10.1. The molecule has 0 radical (unpaired) electrons. The van der Waals surface area contributed by atoms with Crippen molar-refractivity contribution in [1.82, 2.24) is 9.24 Å². The Morgan fingerprint density at radius 2 is 2.06 bits per heavy atom. The minimum Gasteiger partial charge on any atom is -0.280 e. The van der Waals surface area contributed by atoms with Gasteiger partial charge in [0.25, 0.3) is 5.56 Å². The largest absolute Gasteiger partial charge is 0.280 e. The second kappa shape index (κ2) is 4.01. The van der Waals surface area contributed by atoms with E-state index < -0.39 is 0 Å². The van der Waals surface area contributed by atoms with Gasteiger partial charge in [-0.3, -0.25) is 14.4 Å². The molecule has 0 unspecified atom stereocenters. The summed E-state index contributed by atoms with van der Waals surface area (Å²) in [4.78, 5) is 16.2. The normalized spacial score (nSPS) is 12.1. The number of aromatic nitrogens is 2.